The molecule has 1 aromatic carbocycles. The van der Waals surface area contributed by atoms with Gasteiger partial charge in [0.2, 0.25) is 0 Å². The van der Waals surface area contributed by atoms with Crippen molar-refractivity contribution in [3.05, 3.63) is 76.5 Å². The Labute approximate surface area is 198 Å². The maximum atomic E-state index is 13.5. The molecule has 5 rings (SSSR count). The Balaban J connectivity index is 1.36. The molecule has 0 bridgehead atoms. The molecule has 1 saturated heterocycles. The SMILES string of the molecule is Fc1cccc(CN2CCC(Nc3ncc(-c4ccsc4)c4nc(C(F)(F)F)ccc34)CC2)c1. The Bertz CT molecular complexity index is 1280. The second kappa shape index (κ2) is 9.31. The summed E-state index contributed by atoms with van der Waals surface area (Å²) in [5.74, 6) is 0.305. The maximum absolute atomic E-state index is 13.5. The van der Waals surface area contributed by atoms with Crippen LogP contribution in [0, 0.1) is 5.82 Å². The number of aromatic nitrogens is 2. The Morgan fingerprint density at radius 3 is 2.62 bits per heavy atom. The number of hydrogen-bond acceptors (Lipinski definition) is 5. The van der Waals surface area contributed by atoms with Crippen LogP contribution in [0.4, 0.5) is 23.4 Å². The molecule has 1 N–H and O–H groups in total. The van der Waals surface area contributed by atoms with Crippen molar-refractivity contribution < 1.29 is 17.6 Å². The lowest BCUT2D eigenvalue weighted by atomic mass is 10.0. The summed E-state index contributed by atoms with van der Waals surface area (Å²) in [5.41, 5.74) is 1.69. The molecule has 1 fully saturated rings. The number of nitrogens with zero attached hydrogens (tertiary/aromatic N) is 3. The molecule has 0 aliphatic carbocycles. The third-order valence-electron chi connectivity index (χ3n) is 6.07. The predicted octanol–water partition coefficient (Wildman–Crippen LogP) is 6.59. The van der Waals surface area contributed by atoms with E-state index >= 15 is 0 Å². The molecule has 0 saturated carbocycles. The van der Waals surface area contributed by atoms with Crippen LogP contribution in [0.25, 0.3) is 22.0 Å². The molecule has 4 aromatic rings. The van der Waals surface area contributed by atoms with Crippen molar-refractivity contribution in [2.45, 2.75) is 31.6 Å². The molecular formula is C25H22F4N4S. The van der Waals surface area contributed by atoms with E-state index < -0.39 is 11.9 Å². The van der Waals surface area contributed by atoms with Gasteiger partial charge in [-0.15, -0.1) is 0 Å². The Hall–Kier alpha value is -3.04. The lowest BCUT2D eigenvalue weighted by molar-refractivity contribution is -0.140. The summed E-state index contributed by atoms with van der Waals surface area (Å²) < 4.78 is 53.5. The van der Waals surface area contributed by atoms with Gasteiger partial charge in [0, 0.05) is 42.8 Å². The molecule has 1 aliphatic heterocycles. The van der Waals surface area contributed by atoms with Crippen LogP contribution in [0.1, 0.15) is 24.1 Å². The van der Waals surface area contributed by atoms with Crippen LogP contribution in [-0.2, 0) is 12.7 Å². The summed E-state index contributed by atoms with van der Waals surface area (Å²) in [6.07, 6.45) is -1.23. The summed E-state index contributed by atoms with van der Waals surface area (Å²) in [7, 11) is 0. The second-order valence-corrected chi connectivity index (χ2v) is 9.23. The first-order valence-corrected chi connectivity index (χ1v) is 11.9. The minimum Gasteiger partial charge on any atom is -0.367 e. The van der Waals surface area contributed by atoms with Gasteiger partial charge in [-0.25, -0.2) is 14.4 Å². The van der Waals surface area contributed by atoms with Crippen molar-refractivity contribution in [1.82, 2.24) is 14.9 Å². The highest BCUT2D eigenvalue weighted by atomic mass is 32.1. The number of alkyl halides is 3. The van der Waals surface area contributed by atoms with Gasteiger partial charge in [0.1, 0.15) is 17.3 Å². The topological polar surface area (TPSA) is 41.0 Å². The van der Waals surface area contributed by atoms with E-state index in [1.807, 2.05) is 22.9 Å². The molecular weight excluding hydrogens is 464 g/mol. The zero-order chi connectivity index (χ0) is 23.7. The third kappa shape index (κ3) is 4.90. The van der Waals surface area contributed by atoms with Crippen LogP contribution in [0.15, 0.2) is 59.4 Å². The molecule has 176 valence electrons. The first kappa shape index (κ1) is 22.7. The van der Waals surface area contributed by atoms with Crippen molar-refractivity contribution in [2.24, 2.45) is 0 Å². The summed E-state index contributed by atoms with van der Waals surface area (Å²) in [6.45, 7) is 2.34. The van der Waals surface area contributed by atoms with Gasteiger partial charge < -0.3 is 5.32 Å². The number of thiophene rings is 1. The van der Waals surface area contributed by atoms with E-state index in [0.717, 1.165) is 43.1 Å². The molecule has 4 heterocycles. The molecule has 0 atom stereocenters. The van der Waals surface area contributed by atoms with Crippen molar-refractivity contribution >= 4 is 28.1 Å². The molecule has 4 nitrogen and oxygen atoms in total. The minimum absolute atomic E-state index is 0.133. The normalized spacial score (nSPS) is 15.6. The fourth-order valence-corrected chi connectivity index (χ4v) is 5.00. The lowest BCUT2D eigenvalue weighted by Gasteiger charge is -2.32. The van der Waals surface area contributed by atoms with Crippen LogP contribution in [0.3, 0.4) is 0 Å². The second-order valence-electron chi connectivity index (χ2n) is 8.45. The number of halogens is 4. The summed E-state index contributed by atoms with van der Waals surface area (Å²) in [4.78, 5) is 10.8. The summed E-state index contributed by atoms with van der Waals surface area (Å²) in [6, 6.07) is 11.1. The van der Waals surface area contributed by atoms with Crippen LogP contribution >= 0.6 is 11.3 Å². The first-order chi connectivity index (χ1) is 16.4. The number of benzene rings is 1. The molecule has 0 unspecified atom stereocenters. The van der Waals surface area contributed by atoms with Gasteiger partial charge in [-0.2, -0.15) is 24.5 Å². The van der Waals surface area contributed by atoms with Gasteiger partial charge in [-0.05, 0) is 65.1 Å². The van der Waals surface area contributed by atoms with E-state index in [0.29, 0.717) is 23.3 Å². The molecule has 0 radical (unpaired) electrons. The van der Waals surface area contributed by atoms with Gasteiger partial charge in [0.15, 0.2) is 0 Å². The number of anilines is 1. The fraction of sp³-hybridized carbons (Fsp3) is 0.280. The number of nitrogens with one attached hydrogen (secondary N) is 1. The molecule has 9 heteroatoms. The third-order valence-corrected chi connectivity index (χ3v) is 6.76. The zero-order valence-electron chi connectivity index (χ0n) is 18.1. The van der Waals surface area contributed by atoms with Gasteiger partial charge >= 0.3 is 6.18 Å². The highest BCUT2D eigenvalue weighted by Crippen LogP contribution is 2.35. The molecule has 1 aliphatic rings. The van der Waals surface area contributed by atoms with Gasteiger partial charge in [0.05, 0.1) is 5.52 Å². The standard InChI is InChI=1S/C25H22F4N4S/c26-18-3-1-2-16(12-18)14-33-9-6-19(7-10-33)31-24-20-4-5-22(25(27,28)29)32-23(20)21(13-30-24)17-8-11-34-15-17/h1-5,8,11-13,15,19H,6-7,9-10,14H2,(H,30,31). The number of piperidine rings is 1. The largest absolute Gasteiger partial charge is 0.433 e. The number of rotatable bonds is 5. The van der Waals surface area contributed by atoms with Crippen molar-refractivity contribution in [1.29, 1.82) is 0 Å². The van der Waals surface area contributed by atoms with Crippen molar-refractivity contribution in [2.75, 3.05) is 18.4 Å². The monoisotopic (exact) mass is 486 g/mol. The van der Waals surface area contributed by atoms with Gasteiger partial charge in [0.25, 0.3) is 0 Å². The zero-order valence-corrected chi connectivity index (χ0v) is 19.0. The Kier molecular flexibility index (Phi) is 6.22. The number of likely N-dealkylation sites (tertiary alicyclic amines) is 1. The molecule has 0 amide bonds. The van der Waals surface area contributed by atoms with Crippen LogP contribution in [0.5, 0.6) is 0 Å². The number of pyridine rings is 2. The Morgan fingerprint density at radius 1 is 1.09 bits per heavy atom. The fourth-order valence-electron chi connectivity index (χ4n) is 4.34. The Morgan fingerprint density at radius 2 is 1.91 bits per heavy atom. The first-order valence-electron chi connectivity index (χ1n) is 11.0. The van der Waals surface area contributed by atoms with E-state index in [2.05, 4.69) is 20.2 Å². The number of fused-ring (bicyclic) bond motifs is 1. The summed E-state index contributed by atoms with van der Waals surface area (Å²) >= 11 is 1.47. The molecule has 0 spiro atoms. The van der Waals surface area contributed by atoms with E-state index in [4.69, 9.17) is 0 Å². The van der Waals surface area contributed by atoms with E-state index in [-0.39, 0.29) is 17.4 Å². The average Bonchev–Trinajstić information content (AvgIpc) is 3.34. The van der Waals surface area contributed by atoms with E-state index in [9.17, 15) is 17.6 Å². The van der Waals surface area contributed by atoms with Gasteiger partial charge in [-0.3, -0.25) is 4.90 Å². The minimum atomic E-state index is -4.52. The van der Waals surface area contributed by atoms with Crippen LogP contribution in [0.2, 0.25) is 0 Å². The molecule has 34 heavy (non-hydrogen) atoms. The van der Waals surface area contributed by atoms with Crippen molar-refractivity contribution in [3.63, 3.8) is 0 Å². The predicted molar refractivity (Wildman–Crippen MR) is 126 cm³/mol. The highest BCUT2D eigenvalue weighted by molar-refractivity contribution is 7.08. The highest BCUT2D eigenvalue weighted by Gasteiger charge is 2.33. The van der Waals surface area contributed by atoms with Crippen molar-refractivity contribution in [3.8, 4) is 11.1 Å². The lowest BCUT2D eigenvalue weighted by Crippen LogP contribution is -2.38. The maximum Gasteiger partial charge on any atom is 0.433 e. The molecule has 3 aromatic heterocycles. The van der Waals surface area contributed by atoms with Crippen LogP contribution in [-0.4, -0.2) is 34.0 Å². The smallest absolute Gasteiger partial charge is 0.367 e. The van der Waals surface area contributed by atoms with E-state index in [1.54, 1.807) is 18.3 Å². The summed E-state index contributed by atoms with van der Waals surface area (Å²) in [5, 5.41) is 7.75. The quantitative estimate of drug-likeness (QED) is 0.323. The number of hydrogen-bond donors (Lipinski definition) is 1. The van der Waals surface area contributed by atoms with Gasteiger partial charge in [-0.1, -0.05) is 12.1 Å². The average molecular weight is 487 g/mol. The van der Waals surface area contributed by atoms with E-state index in [1.165, 1.54) is 23.5 Å². The van der Waals surface area contributed by atoms with Crippen LogP contribution < -0.4 is 5.32 Å².